The van der Waals surface area contributed by atoms with Gasteiger partial charge >= 0.3 is 12.1 Å². The number of carbonyl (C=O) groups excluding carboxylic acids is 2. The first-order valence-corrected chi connectivity index (χ1v) is 6.79. The Hall–Kier alpha value is -1.59. The lowest BCUT2D eigenvalue weighted by molar-refractivity contribution is -0.141. The number of hydrogen-bond acceptors (Lipinski definition) is 5. The van der Waals surface area contributed by atoms with Crippen LogP contribution in [0.3, 0.4) is 0 Å². The molecule has 0 aliphatic rings. The fourth-order valence-corrected chi connectivity index (χ4v) is 1.57. The van der Waals surface area contributed by atoms with Crippen LogP contribution >= 0.6 is 11.6 Å². The number of hydrogen-bond donors (Lipinski definition) is 1. The Kier molecular flexibility index (Phi) is 7.04. The predicted molar refractivity (Wildman–Crippen MR) is 75.5 cm³/mol. The molecule has 1 rings (SSSR count). The molecule has 0 unspecified atom stereocenters. The van der Waals surface area contributed by atoms with Gasteiger partial charge in [-0.2, -0.15) is 0 Å². The number of rotatable bonds is 6. The molecule has 0 spiro atoms. The van der Waals surface area contributed by atoms with Crippen molar-refractivity contribution in [3.05, 3.63) is 34.9 Å². The van der Waals surface area contributed by atoms with Gasteiger partial charge in [-0.05, 0) is 30.5 Å². The number of ether oxygens (including phenoxy) is 2. The maximum absolute atomic E-state index is 11.6. The van der Waals surface area contributed by atoms with Gasteiger partial charge in [-0.25, -0.2) is 9.59 Å². The molecule has 0 saturated heterocycles. The van der Waals surface area contributed by atoms with Crippen molar-refractivity contribution < 1.29 is 19.1 Å². The van der Waals surface area contributed by atoms with Crippen LogP contribution in [-0.2, 0) is 20.7 Å². The first-order chi connectivity index (χ1) is 9.52. The smallest absolute Gasteiger partial charge is 0.434 e. The highest BCUT2D eigenvalue weighted by Gasteiger charge is 2.20. The molecule has 20 heavy (non-hydrogen) atoms. The number of benzene rings is 1. The van der Waals surface area contributed by atoms with Gasteiger partial charge in [0.05, 0.1) is 6.61 Å². The summed E-state index contributed by atoms with van der Waals surface area (Å²) in [6.45, 7) is 2.19. The molecule has 0 bridgehead atoms. The third-order valence-corrected chi connectivity index (χ3v) is 2.83. The largest absolute Gasteiger partial charge is 0.516 e. The maximum atomic E-state index is 11.6. The summed E-state index contributed by atoms with van der Waals surface area (Å²) in [5.41, 5.74) is 6.51. The van der Waals surface area contributed by atoms with Gasteiger partial charge in [-0.1, -0.05) is 37.1 Å². The average molecular weight is 300 g/mol. The second-order valence-corrected chi connectivity index (χ2v) is 4.75. The summed E-state index contributed by atoms with van der Waals surface area (Å²) in [6, 6.07) is 6.00. The summed E-state index contributed by atoms with van der Waals surface area (Å²) in [4.78, 5) is 22.8. The molecule has 0 aliphatic heterocycles. The van der Waals surface area contributed by atoms with Crippen LogP contribution in [0.2, 0.25) is 5.02 Å². The summed E-state index contributed by atoms with van der Waals surface area (Å²) in [5, 5.41) is 0.601. The van der Waals surface area contributed by atoms with Crippen molar-refractivity contribution in [1.29, 1.82) is 0 Å². The molecule has 2 N–H and O–H groups in total. The standard InChI is InChI=1S/C14H18ClNO4/c1-2-3-8-19-14(18)20-13(17)12(16)9-10-4-6-11(15)7-5-10/h4-7,12H,2-3,8-9,16H2,1H3/t12-/m0/s1. The Bertz CT molecular complexity index is 447. The van der Waals surface area contributed by atoms with E-state index in [1.807, 2.05) is 6.92 Å². The molecule has 0 amide bonds. The van der Waals surface area contributed by atoms with E-state index in [2.05, 4.69) is 4.74 Å². The fraction of sp³-hybridized carbons (Fsp3) is 0.429. The minimum absolute atomic E-state index is 0.231. The molecule has 0 aromatic heterocycles. The molecule has 0 heterocycles. The monoisotopic (exact) mass is 299 g/mol. The van der Waals surface area contributed by atoms with Crippen molar-refractivity contribution in [2.24, 2.45) is 5.73 Å². The molecule has 0 radical (unpaired) electrons. The fourth-order valence-electron chi connectivity index (χ4n) is 1.44. The highest BCUT2D eigenvalue weighted by atomic mass is 35.5. The van der Waals surface area contributed by atoms with E-state index in [1.165, 1.54) is 0 Å². The number of esters is 1. The lowest BCUT2D eigenvalue weighted by Crippen LogP contribution is -2.35. The van der Waals surface area contributed by atoms with E-state index in [4.69, 9.17) is 22.1 Å². The Labute approximate surface area is 123 Å². The van der Waals surface area contributed by atoms with E-state index >= 15 is 0 Å². The van der Waals surface area contributed by atoms with Gasteiger partial charge in [0.25, 0.3) is 0 Å². The van der Waals surface area contributed by atoms with E-state index in [1.54, 1.807) is 24.3 Å². The zero-order valence-corrected chi connectivity index (χ0v) is 12.1. The zero-order valence-electron chi connectivity index (χ0n) is 11.3. The lowest BCUT2D eigenvalue weighted by Gasteiger charge is -2.10. The molecule has 0 saturated carbocycles. The summed E-state index contributed by atoms with van der Waals surface area (Å²) in [7, 11) is 0. The van der Waals surface area contributed by atoms with Crippen LogP contribution < -0.4 is 5.73 Å². The van der Waals surface area contributed by atoms with E-state index in [9.17, 15) is 9.59 Å². The topological polar surface area (TPSA) is 78.6 Å². The van der Waals surface area contributed by atoms with Crippen molar-refractivity contribution in [3.63, 3.8) is 0 Å². The molecule has 1 atom stereocenters. The predicted octanol–water partition coefficient (Wildman–Crippen LogP) is 2.69. The molecule has 110 valence electrons. The van der Waals surface area contributed by atoms with Crippen LogP contribution in [0.5, 0.6) is 0 Å². The highest BCUT2D eigenvalue weighted by Crippen LogP contribution is 2.11. The van der Waals surface area contributed by atoms with Gasteiger partial charge in [0.15, 0.2) is 0 Å². The third-order valence-electron chi connectivity index (χ3n) is 2.57. The number of carbonyl (C=O) groups is 2. The average Bonchev–Trinajstić information content (AvgIpc) is 2.41. The molecule has 6 heteroatoms. The van der Waals surface area contributed by atoms with Gasteiger partial charge < -0.3 is 15.2 Å². The van der Waals surface area contributed by atoms with Gasteiger partial charge in [0, 0.05) is 5.02 Å². The molecule has 0 aliphatic carbocycles. The Morgan fingerprint density at radius 2 is 1.95 bits per heavy atom. The van der Waals surface area contributed by atoms with Crippen molar-refractivity contribution in [2.45, 2.75) is 32.2 Å². The Morgan fingerprint density at radius 3 is 2.55 bits per heavy atom. The molecular weight excluding hydrogens is 282 g/mol. The van der Waals surface area contributed by atoms with Crippen molar-refractivity contribution >= 4 is 23.7 Å². The van der Waals surface area contributed by atoms with E-state index in [-0.39, 0.29) is 13.0 Å². The number of nitrogens with two attached hydrogens (primary N) is 1. The van der Waals surface area contributed by atoms with E-state index in [0.29, 0.717) is 5.02 Å². The summed E-state index contributed by atoms with van der Waals surface area (Å²) in [5.74, 6) is -0.804. The van der Waals surface area contributed by atoms with Gasteiger partial charge in [-0.15, -0.1) is 0 Å². The minimum atomic E-state index is -1.00. The first-order valence-electron chi connectivity index (χ1n) is 6.41. The summed E-state index contributed by atoms with van der Waals surface area (Å²) < 4.78 is 9.22. The Morgan fingerprint density at radius 1 is 1.30 bits per heavy atom. The number of unbranched alkanes of at least 4 members (excludes halogenated alkanes) is 1. The van der Waals surface area contributed by atoms with Crippen LogP contribution in [0.25, 0.3) is 0 Å². The second kappa shape index (κ2) is 8.55. The van der Waals surface area contributed by atoms with Crippen molar-refractivity contribution in [1.82, 2.24) is 0 Å². The van der Waals surface area contributed by atoms with Crippen LogP contribution in [0, 0.1) is 0 Å². The van der Waals surface area contributed by atoms with E-state index in [0.717, 1.165) is 18.4 Å². The molecule has 1 aromatic carbocycles. The van der Waals surface area contributed by atoms with Gasteiger partial charge in [0.2, 0.25) is 0 Å². The molecule has 1 aromatic rings. The van der Waals surface area contributed by atoms with Crippen molar-refractivity contribution in [2.75, 3.05) is 6.61 Å². The van der Waals surface area contributed by atoms with Gasteiger partial charge in [0.1, 0.15) is 6.04 Å². The zero-order chi connectivity index (χ0) is 15.0. The Balaban J connectivity index is 2.38. The SMILES string of the molecule is CCCCOC(=O)OC(=O)[C@@H](N)Cc1ccc(Cl)cc1. The normalized spacial score (nSPS) is 11.8. The maximum Gasteiger partial charge on any atom is 0.516 e. The minimum Gasteiger partial charge on any atom is -0.434 e. The van der Waals surface area contributed by atoms with Gasteiger partial charge in [-0.3, -0.25) is 0 Å². The van der Waals surface area contributed by atoms with Crippen LogP contribution in [-0.4, -0.2) is 24.8 Å². The third kappa shape index (κ3) is 6.04. The summed E-state index contributed by atoms with van der Waals surface area (Å²) in [6.07, 6.45) is 0.866. The molecule has 0 fully saturated rings. The second-order valence-electron chi connectivity index (χ2n) is 4.31. The molecular formula is C14H18ClNO4. The lowest BCUT2D eigenvalue weighted by atomic mass is 10.1. The van der Waals surface area contributed by atoms with Crippen LogP contribution in [0.4, 0.5) is 4.79 Å². The van der Waals surface area contributed by atoms with Crippen LogP contribution in [0.15, 0.2) is 24.3 Å². The van der Waals surface area contributed by atoms with E-state index < -0.39 is 18.2 Å². The molecule has 5 nitrogen and oxygen atoms in total. The number of halogens is 1. The van der Waals surface area contributed by atoms with Crippen molar-refractivity contribution in [3.8, 4) is 0 Å². The first kappa shape index (κ1) is 16.5. The quantitative estimate of drug-likeness (QED) is 0.496. The highest BCUT2D eigenvalue weighted by molar-refractivity contribution is 6.30. The van der Waals surface area contributed by atoms with Crippen LogP contribution in [0.1, 0.15) is 25.3 Å². The summed E-state index contributed by atoms with van der Waals surface area (Å²) >= 11 is 5.76.